The van der Waals surface area contributed by atoms with Gasteiger partial charge in [0.05, 0.1) is 5.60 Å². The van der Waals surface area contributed by atoms with Crippen molar-refractivity contribution < 1.29 is 5.11 Å². The first kappa shape index (κ1) is 18.5. The molecule has 0 bridgehead atoms. The van der Waals surface area contributed by atoms with Crippen LogP contribution in [0.3, 0.4) is 0 Å². The molecule has 4 aliphatic rings. The van der Waals surface area contributed by atoms with Gasteiger partial charge in [0, 0.05) is 5.33 Å². The number of hydrogen-bond donors (Lipinski definition) is 1. The summed E-state index contributed by atoms with van der Waals surface area (Å²) in [5.74, 6) is 5.97. The van der Waals surface area contributed by atoms with E-state index in [1.165, 1.54) is 44.1 Å². The van der Waals surface area contributed by atoms with Crippen molar-refractivity contribution in [1.29, 1.82) is 0 Å². The smallest absolute Gasteiger partial charge is 0.0622 e. The Labute approximate surface area is 163 Å². The molecule has 0 aliphatic heterocycles. The van der Waals surface area contributed by atoms with Crippen LogP contribution < -0.4 is 0 Å². The quantitative estimate of drug-likeness (QED) is 0.425. The van der Waals surface area contributed by atoms with Gasteiger partial charge in [-0.25, -0.2) is 0 Å². The Bertz CT molecular complexity index is 540. The molecule has 4 aliphatic carbocycles. The highest BCUT2D eigenvalue weighted by Gasteiger charge is 2.58. The van der Waals surface area contributed by atoms with Crippen LogP contribution >= 0.6 is 15.9 Å². The summed E-state index contributed by atoms with van der Waals surface area (Å²) >= 11 is 3.68. The standard InChI is InChI=1S/C23H37BrO/c1-14-11-18-16(17-7-9-22(3,25)12-19(14)17)8-10-23(4)20(15(2)13-24)5-6-21(18)23/h14,16-21,25H,2,5-13H2,1,3-4H3/t14-,16-,17-,18-,19+,20-,21+,22-,23-/m1/s1. The number of alkyl halides is 1. The summed E-state index contributed by atoms with van der Waals surface area (Å²) in [4.78, 5) is 0. The maximum atomic E-state index is 10.6. The molecule has 1 nitrogen and oxygen atoms in total. The highest BCUT2D eigenvalue weighted by molar-refractivity contribution is 9.09. The molecule has 0 aromatic rings. The van der Waals surface area contributed by atoms with Crippen molar-refractivity contribution in [3.05, 3.63) is 12.2 Å². The molecule has 9 atom stereocenters. The van der Waals surface area contributed by atoms with E-state index in [0.29, 0.717) is 5.41 Å². The Morgan fingerprint density at radius 1 is 1.04 bits per heavy atom. The summed E-state index contributed by atoms with van der Waals surface area (Å²) in [7, 11) is 0. The zero-order valence-electron chi connectivity index (χ0n) is 16.4. The van der Waals surface area contributed by atoms with Crippen LogP contribution in [0.1, 0.15) is 72.1 Å². The predicted octanol–water partition coefficient (Wildman–Crippen LogP) is 6.20. The van der Waals surface area contributed by atoms with Crippen molar-refractivity contribution in [1.82, 2.24) is 0 Å². The molecule has 4 rings (SSSR count). The lowest BCUT2D eigenvalue weighted by Gasteiger charge is -2.59. The Hall–Kier alpha value is 0.180. The first-order valence-electron chi connectivity index (χ1n) is 10.7. The van der Waals surface area contributed by atoms with E-state index >= 15 is 0 Å². The minimum Gasteiger partial charge on any atom is -0.390 e. The van der Waals surface area contributed by atoms with Crippen LogP contribution in [0.4, 0.5) is 0 Å². The van der Waals surface area contributed by atoms with Gasteiger partial charge in [-0.05, 0) is 105 Å². The number of allylic oxidation sites excluding steroid dienone is 1. The number of fused-ring (bicyclic) bond motifs is 5. The molecule has 4 fully saturated rings. The molecule has 142 valence electrons. The third kappa shape index (κ3) is 2.89. The van der Waals surface area contributed by atoms with Gasteiger partial charge in [-0.3, -0.25) is 0 Å². The van der Waals surface area contributed by atoms with Gasteiger partial charge in [0.2, 0.25) is 0 Å². The maximum absolute atomic E-state index is 10.6. The molecule has 0 unspecified atom stereocenters. The highest BCUT2D eigenvalue weighted by atomic mass is 79.9. The van der Waals surface area contributed by atoms with Gasteiger partial charge in [0.25, 0.3) is 0 Å². The normalized spacial score (nSPS) is 55.2. The van der Waals surface area contributed by atoms with Gasteiger partial charge < -0.3 is 5.11 Å². The molecule has 0 aromatic carbocycles. The van der Waals surface area contributed by atoms with E-state index in [0.717, 1.165) is 59.6 Å². The van der Waals surface area contributed by atoms with Gasteiger partial charge in [-0.2, -0.15) is 0 Å². The Morgan fingerprint density at radius 2 is 1.72 bits per heavy atom. The fraction of sp³-hybridized carbons (Fsp3) is 0.913. The maximum Gasteiger partial charge on any atom is 0.0622 e. The average Bonchev–Trinajstić information content (AvgIpc) is 2.91. The minimum absolute atomic E-state index is 0.405. The molecule has 2 heteroatoms. The van der Waals surface area contributed by atoms with E-state index in [2.05, 4.69) is 43.3 Å². The van der Waals surface area contributed by atoms with Crippen LogP contribution in [0.25, 0.3) is 0 Å². The van der Waals surface area contributed by atoms with Gasteiger partial charge in [-0.15, -0.1) is 0 Å². The molecule has 4 saturated carbocycles. The van der Waals surface area contributed by atoms with Crippen molar-refractivity contribution in [2.24, 2.45) is 46.8 Å². The van der Waals surface area contributed by atoms with Crippen LogP contribution in [0.15, 0.2) is 12.2 Å². The molecule has 0 amide bonds. The first-order chi connectivity index (χ1) is 11.8. The first-order valence-corrected chi connectivity index (χ1v) is 11.8. The predicted molar refractivity (Wildman–Crippen MR) is 109 cm³/mol. The molecular weight excluding hydrogens is 372 g/mol. The largest absolute Gasteiger partial charge is 0.390 e. The molecule has 0 saturated heterocycles. The van der Waals surface area contributed by atoms with Crippen LogP contribution in [0, 0.1) is 46.8 Å². The van der Waals surface area contributed by atoms with Crippen molar-refractivity contribution in [3.63, 3.8) is 0 Å². The van der Waals surface area contributed by atoms with Gasteiger partial charge in [-0.1, -0.05) is 41.9 Å². The number of aliphatic hydroxyl groups is 1. The summed E-state index contributed by atoms with van der Waals surface area (Å²) in [6.07, 6.45) is 10.4. The van der Waals surface area contributed by atoms with E-state index in [9.17, 15) is 5.11 Å². The number of hydrogen-bond acceptors (Lipinski definition) is 1. The van der Waals surface area contributed by atoms with Crippen molar-refractivity contribution in [3.8, 4) is 0 Å². The Kier molecular flexibility index (Phi) is 4.72. The zero-order valence-corrected chi connectivity index (χ0v) is 18.0. The Morgan fingerprint density at radius 3 is 2.44 bits per heavy atom. The summed E-state index contributed by atoms with van der Waals surface area (Å²) in [5.41, 5.74) is 1.54. The third-order valence-electron chi connectivity index (χ3n) is 9.32. The summed E-state index contributed by atoms with van der Waals surface area (Å²) in [6, 6.07) is 0. The SMILES string of the molecule is C=C(CBr)[C@H]1CC[C@H]2[C@@H]3C[C@@H](C)[C@@H]4C[C@](C)(O)CC[C@@H]4[C@H]3CC[C@]12C. The molecular formula is C23H37BrO. The van der Waals surface area contributed by atoms with E-state index in [1.54, 1.807) is 0 Å². The third-order valence-corrected chi connectivity index (χ3v) is 10.0. The van der Waals surface area contributed by atoms with Crippen molar-refractivity contribution in [2.45, 2.75) is 77.7 Å². The Balaban J connectivity index is 1.58. The molecule has 25 heavy (non-hydrogen) atoms. The molecule has 1 N–H and O–H groups in total. The number of rotatable bonds is 2. The molecule has 0 spiro atoms. The lowest BCUT2D eigenvalue weighted by atomic mass is 9.47. The van der Waals surface area contributed by atoms with Crippen molar-refractivity contribution in [2.75, 3.05) is 5.33 Å². The zero-order chi connectivity index (χ0) is 18.0. The summed E-state index contributed by atoms with van der Waals surface area (Å²) < 4.78 is 0. The van der Waals surface area contributed by atoms with Gasteiger partial charge >= 0.3 is 0 Å². The summed E-state index contributed by atoms with van der Waals surface area (Å²) in [5, 5.41) is 11.6. The topological polar surface area (TPSA) is 20.2 Å². The second kappa shape index (κ2) is 6.36. The van der Waals surface area contributed by atoms with E-state index in [-0.39, 0.29) is 0 Å². The van der Waals surface area contributed by atoms with Gasteiger partial charge in [0.1, 0.15) is 0 Å². The van der Waals surface area contributed by atoms with E-state index in [1.807, 2.05) is 0 Å². The lowest BCUT2D eigenvalue weighted by molar-refractivity contribution is -0.117. The van der Waals surface area contributed by atoms with Gasteiger partial charge in [0.15, 0.2) is 0 Å². The number of halogens is 1. The summed E-state index contributed by atoms with van der Waals surface area (Å²) in [6.45, 7) is 11.6. The van der Waals surface area contributed by atoms with E-state index < -0.39 is 5.60 Å². The minimum atomic E-state index is -0.405. The lowest BCUT2D eigenvalue weighted by Crippen LogP contribution is -2.52. The monoisotopic (exact) mass is 408 g/mol. The molecule has 0 radical (unpaired) electrons. The van der Waals surface area contributed by atoms with Crippen LogP contribution in [-0.2, 0) is 0 Å². The van der Waals surface area contributed by atoms with Crippen molar-refractivity contribution >= 4 is 15.9 Å². The molecule has 0 heterocycles. The van der Waals surface area contributed by atoms with Crippen LogP contribution in [0.5, 0.6) is 0 Å². The highest BCUT2D eigenvalue weighted by Crippen LogP contribution is 2.66. The fourth-order valence-electron chi connectivity index (χ4n) is 8.16. The van der Waals surface area contributed by atoms with E-state index in [4.69, 9.17) is 0 Å². The second-order valence-electron chi connectivity index (χ2n) is 10.7. The second-order valence-corrected chi connectivity index (χ2v) is 11.2. The fourth-order valence-corrected chi connectivity index (χ4v) is 8.55. The van der Waals surface area contributed by atoms with Crippen LogP contribution in [0.2, 0.25) is 0 Å². The molecule has 0 aromatic heterocycles. The van der Waals surface area contributed by atoms with Crippen LogP contribution in [-0.4, -0.2) is 16.0 Å². The average molecular weight is 409 g/mol.